The highest BCUT2D eigenvalue weighted by molar-refractivity contribution is 6.33. The van der Waals surface area contributed by atoms with Gasteiger partial charge in [0.05, 0.1) is 21.7 Å². The first-order valence-electron chi connectivity index (χ1n) is 8.21. The van der Waals surface area contributed by atoms with Crippen molar-refractivity contribution in [3.05, 3.63) is 57.1 Å². The van der Waals surface area contributed by atoms with E-state index in [0.717, 1.165) is 6.07 Å². The molecule has 28 heavy (non-hydrogen) atoms. The first-order chi connectivity index (χ1) is 13.4. The Hall–Kier alpha value is -3.33. The average Bonchev–Trinajstić information content (AvgIpc) is 2.68. The lowest BCUT2D eigenvalue weighted by Gasteiger charge is -2.19. The Morgan fingerprint density at radius 1 is 1.21 bits per heavy atom. The van der Waals surface area contributed by atoms with E-state index in [1.807, 2.05) is 0 Å². The summed E-state index contributed by atoms with van der Waals surface area (Å²) in [5.41, 5.74) is -0.498. The smallest absolute Gasteiger partial charge is 0.346 e. The van der Waals surface area contributed by atoms with Crippen molar-refractivity contribution in [3.8, 4) is 11.5 Å². The SMILES string of the molecule is C[C@H](OC(=O)c1cc2c(cc1[N+](=O)[O-])OCCO2)C(=O)Nc1ccccc1Cl. The molecule has 146 valence electrons. The van der Waals surface area contributed by atoms with E-state index in [1.54, 1.807) is 24.3 Å². The average molecular weight is 407 g/mol. The van der Waals surface area contributed by atoms with Crippen molar-refractivity contribution in [1.82, 2.24) is 0 Å². The number of nitro groups is 1. The number of carbonyl (C=O) groups excluding carboxylic acids is 2. The summed E-state index contributed by atoms with van der Waals surface area (Å²) in [7, 11) is 0. The van der Waals surface area contributed by atoms with Gasteiger partial charge >= 0.3 is 5.97 Å². The summed E-state index contributed by atoms with van der Waals surface area (Å²) in [6.07, 6.45) is -1.23. The van der Waals surface area contributed by atoms with Gasteiger partial charge in [-0.25, -0.2) is 4.79 Å². The third kappa shape index (κ3) is 4.15. The van der Waals surface area contributed by atoms with Crippen LogP contribution in [0.4, 0.5) is 11.4 Å². The van der Waals surface area contributed by atoms with E-state index in [1.165, 1.54) is 13.0 Å². The van der Waals surface area contributed by atoms with Crippen LogP contribution in [0, 0.1) is 10.1 Å². The van der Waals surface area contributed by atoms with Gasteiger partial charge in [0.1, 0.15) is 18.8 Å². The number of amides is 1. The number of rotatable bonds is 5. The molecule has 0 radical (unpaired) electrons. The number of para-hydroxylation sites is 1. The molecule has 1 aliphatic heterocycles. The van der Waals surface area contributed by atoms with Gasteiger partial charge in [-0.3, -0.25) is 14.9 Å². The van der Waals surface area contributed by atoms with Crippen LogP contribution in [0.25, 0.3) is 0 Å². The molecule has 0 bridgehead atoms. The van der Waals surface area contributed by atoms with Crippen LogP contribution in [0.5, 0.6) is 11.5 Å². The molecule has 1 N–H and O–H groups in total. The van der Waals surface area contributed by atoms with Crippen molar-refractivity contribution < 1.29 is 28.7 Å². The van der Waals surface area contributed by atoms with E-state index in [4.69, 9.17) is 25.8 Å². The fourth-order valence-corrected chi connectivity index (χ4v) is 2.65. The first kappa shape index (κ1) is 19.4. The van der Waals surface area contributed by atoms with Crippen molar-refractivity contribution in [2.75, 3.05) is 18.5 Å². The number of hydrogen-bond acceptors (Lipinski definition) is 7. The maximum atomic E-state index is 12.5. The Morgan fingerprint density at radius 3 is 2.50 bits per heavy atom. The number of nitro benzene ring substituents is 1. The van der Waals surface area contributed by atoms with Crippen LogP contribution in [0.2, 0.25) is 5.02 Å². The monoisotopic (exact) mass is 406 g/mol. The molecule has 1 heterocycles. The summed E-state index contributed by atoms with van der Waals surface area (Å²) in [6.45, 7) is 1.83. The van der Waals surface area contributed by atoms with E-state index in [2.05, 4.69) is 5.32 Å². The normalized spacial score (nSPS) is 13.4. The fourth-order valence-electron chi connectivity index (χ4n) is 2.47. The molecule has 0 saturated heterocycles. The van der Waals surface area contributed by atoms with Crippen LogP contribution in [-0.4, -0.2) is 36.1 Å². The maximum absolute atomic E-state index is 12.5. The molecule has 0 saturated carbocycles. The van der Waals surface area contributed by atoms with Gasteiger partial charge in [-0.2, -0.15) is 0 Å². The van der Waals surface area contributed by atoms with Crippen LogP contribution in [-0.2, 0) is 9.53 Å². The molecule has 3 rings (SSSR count). The number of hydrogen-bond donors (Lipinski definition) is 1. The van der Waals surface area contributed by atoms with Crippen LogP contribution in [0.15, 0.2) is 36.4 Å². The van der Waals surface area contributed by atoms with Gasteiger partial charge in [0.25, 0.3) is 11.6 Å². The topological polar surface area (TPSA) is 117 Å². The highest BCUT2D eigenvalue weighted by Crippen LogP contribution is 2.37. The summed E-state index contributed by atoms with van der Waals surface area (Å²) in [5, 5.41) is 14.2. The third-order valence-corrected chi connectivity index (χ3v) is 4.19. The zero-order valence-corrected chi connectivity index (χ0v) is 15.4. The minimum absolute atomic E-state index is 0.166. The van der Waals surface area contributed by atoms with Crippen molar-refractivity contribution >= 4 is 34.9 Å². The standard InChI is InChI=1S/C18H15ClN2O7/c1-10(17(22)20-13-5-3-2-4-12(13)19)28-18(23)11-8-15-16(27-7-6-26-15)9-14(11)21(24)25/h2-5,8-10H,6-7H2,1H3,(H,20,22)/t10-/m0/s1. The molecule has 2 aromatic rings. The minimum Gasteiger partial charge on any atom is -0.486 e. The number of carbonyl (C=O) groups is 2. The Kier molecular flexibility index (Phi) is 5.65. The summed E-state index contributed by atoms with van der Waals surface area (Å²) < 4.78 is 15.7. The van der Waals surface area contributed by atoms with Crippen LogP contribution < -0.4 is 14.8 Å². The molecule has 0 aliphatic carbocycles. The van der Waals surface area contributed by atoms with Crippen molar-refractivity contribution in [1.29, 1.82) is 0 Å². The largest absolute Gasteiger partial charge is 0.486 e. The van der Waals surface area contributed by atoms with Gasteiger partial charge in [0, 0.05) is 6.07 Å². The van der Waals surface area contributed by atoms with Gasteiger partial charge < -0.3 is 19.5 Å². The maximum Gasteiger partial charge on any atom is 0.346 e. The first-order valence-corrected chi connectivity index (χ1v) is 8.59. The molecule has 2 aromatic carbocycles. The molecule has 1 amide bonds. The molecule has 9 nitrogen and oxygen atoms in total. The van der Waals surface area contributed by atoms with Gasteiger partial charge in [0.15, 0.2) is 17.6 Å². The number of fused-ring (bicyclic) bond motifs is 1. The number of anilines is 1. The molecule has 0 spiro atoms. The molecular formula is C18H15ClN2O7. The zero-order chi connectivity index (χ0) is 20.3. The van der Waals surface area contributed by atoms with Gasteiger partial charge in [-0.15, -0.1) is 0 Å². The van der Waals surface area contributed by atoms with E-state index < -0.39 is 28.6 Å². The van der Waals surface area contributed by atoms with Crippen LogP contribution >= 0.6 is 11.6 Å². The van der Waals surface area contributed by atoms with E-state index in [9.17, 15) is 19.7 Å². The zero-order valence-electron chi connectivity index (χ0n) is 14.6. The number of nitrogens with zero attached hydrogens (tertiary/aromatic N) is 1. The molecule has 0 fully saturated rings. The van der Waals surface area contributed by atoms with Crippen molar-refractivity contribution in [2.45, 2.75) is 13.0 Å². The lowest BCUT2D eigenvalue weighted by atomic mass is 10.1. The number of halogens is 1. The number of nitrogens with one attached hydrogen (secondary N) is 1. The molecule has 1 aliphatic rings. The lowest BCUT2D eigenvalue weighted by Crippen LogP contribution is -2.30. The van der Waals surface area contributed by atoms with Gasteiger partial charge in [-0.05, 0) is 19.1 Å². The summed E-state index contributed by atoms with van der Waals surface area (Å²) >= 11 is 5.97. The summed E-state index contributed by atoms with van der Waals surface area (Å²) in [4.78, 5) is 35.3. The molecule has 10 heteroatoms. The van der Waals surface area contributed by atoms with E-state index in [-0.39, 0.29) is 30.3 Å². The molecular weight excluding hydrogens is 392 g/mol. The third-order valence-electron chi connectivity index (χ3n) is 3.86. The van der Waals surface area contributed by atoms with E-state index >= 15 is 0 Å². The second kappa shape index (κ2) is 8.13. The Morgan fingerprint density at radius 2 is 1.86 bits per heavy atom. The predicted molar refractivity (Wildman–Crippen MR) is 99.0 cm³/mol. The Bertz CT molecular complexity index is 948. The highest BCUT2D eigenvalue weighted by Gasteiger charge is 2.29. The van der Waals surface area contributed by atoms with E-state index in [0.29, 0.717) is 10.7 Å². The quantitative estimate of drug-likeness (QED) is 0.460. The number of esters is 1. The second-order valence-corrected chi connectivity index (χ2v) is 6.19. The molecule has 1 atom stereocenters. The molecule has 0 aromatic heterocycles. The van der Waals surface area contributed by atoms with Crippen LogP contribution in [0.3, 0.4) is 0 Å². The Labute approximate surface area is 164 Å². The van der Waals surface area contributed by atoms with Crippen LogP contribution in [0.1, 0.15) is 17.3 Å². The fraction of sp³-hybridized carbons (Fsp3) is 0.222. The predicted octanol–water partition coefficient (Wildman–Crippen LogP) is 3.20. The lowest BCUT2D eigenvalue weighted by molar-refractivity contribution is -0.385. The van der Waals surface area contributed by atoms with Gasteiger partial charge in [-0.1, -0.05) is 23.7 Å². The summed E-state index contributed by atoms with van der Waals surface area (Å²) in [6, 6.07) is 8.82. The number of ether oxygens (including phenoxy) is 3. The van der Waals surface area contributed by atoms with Crippen molar-refractivity contribution in [3.63, 3.8) is 0 Å². The summed E-state index contributed by atoms with van der Waals surface area (Å²) in [5.74, 6) is -1.32. The number of benzene rings is 2. The highest BCUT2D eigenvalue weighted by atomic mass is 35.5. The molecule has 0 unspecified atom stereocenters. The Balaban J connectivity index is 1.77. The van der Waals surface area contributed by atoms with Crippen molar-refractivity contribution in [2.24, 2.45) is 0 Å². The van der Waals surface area contributed by atoms with Gasteiger partial charge in [0.2, 0.25) is 0 Å². The second-order valence-electron chi connectivity index (χ2n) is 5.79. The minimum atomic E-state index is -1.23.